The van der Waals surface area contributed by atoms with Crippen LogP contribution in [0.15, 0.2) is 57.9 Å². The van der Waals surface area contributed by atoms with E-state index in [2.05, 4.69) is 20.7 Å². The number of para-hydroxylation sites is 1. The molecule has 94 valence electrons. The lowest BCUT2D eigenvalue weighted by molar-refractivity contribution is 0.600. The van der Waals surface area contributed by atoms with Crippen LogP contribution in [0.3, 0.4) is 0 Å². The van der Waals surface area contributed by atoms with Crippen molar-refractivity contribution >= 4 is 31.6 Å². The van der Waals surface area contributed by atoms with Crippen molar-refractivity contribution in [3.63, 3.8) is 0 Å². The van der Waals surface area contributed by atoms with E-state index in [1.54, 1.807) is 43.3 Å². The zero-order valence-electron chi connectivity index (χ0n) is 9.72. The van der Waals surface area contributed by atoms with Gasteiger partial charge >= 0.3 is 0 Å². The molecule has 0 aromatic heterocycles. The van der Waals surface area contributed by atoms with Crippen molar-refractivity contribution in [1.82, 2.24) is 0 Å². The first-order valence-electron chi connectivity index (χ1n) is 5.33. The SMILES string of the molecule is Cc1ccc(Br)cc1S(=O)(=O)Nc1ccccc1. The van der Waals surface area contributed by atoms with Gasteiger partial charge in [-0.05, 0) is 36.8 Å². The summed E-state index contributed by atoms with van der Waals surface area (Å²) in [6.45, 7) is 1.77. The summed E-state index contributed by atoms with van der Waals surface area (Å²) in [7, 11) is -3.55. The third-order valence-corrected chi connectivity index (χ3v) is 4.48. The first-order valence-corrected chi connectivity index (χ1v) is 7.61. The van der Waals surface area contributed by atoms with E-state index in [4.69, 9.17) is 0 Å². The predicted octanol–water partition coefficient (Wildman–Crippen LogP) is 3.56. The van der Waals surface area contributed by atoms with Gasteiger partial charge in [-0.25, -0.2) is 8.42 Å². The molecule has 2 aromatic rings. The zero-order chi connectivity index (χ0) is 13.2. The summed E-state index contributed by atoms with van der Waals surface area (Å²) in [6, 6.07) is 14.0. The van der Waals surface area contributed by atoms with E-state index in [1.807, 2.05) is 12.1 Å². The lowest BCUT2D eigenvalue weighted by atomic mass is 10.2. The smallest absolute Gasteiger partial charge is 0.262 e. The molecule has 0 saturated heterocycles. The predicted molar refractivity (Wildman–Crippen MR) is 76.1 cm³/mol. The minimum absolute atomic E-state index is 0.278. The molecule has 0 bridgehead atoms. The minimum atomic E-state index is -3.55. The van der Waals surface area contributed by atoms with Crippen molar-refractivity contribution in [2.75, 3.05) is 4.72 Å². The Hall–Kier alpha value is -1.33. The van der Waals surface area contributed by atoms with E-state index < -0.39 is 10.0 Å². The maximum absolute atomic E-state index is 12.2. The highest BCUT2D eigenvalue weighted by Crippen LogP contribution is 2.22. The second kappa shape index (κ2) is 5.12. The number of rotatable bonds is 3. The van der Waals surface area contributed by atoms with E-state index in [9.17, 15) is 8.42 Å². The summed E-state index contributed by atoms with van der Waals surface area (Å²) >= 11 is 3.28. The normalized spacial score (nSPS) is 11.2. The van der Waals surface area contributed by atoms with Crippen LogP contribution in [0.2, 0.25) is 0 Å². The standard InChI is InChI=1S/C13H12BrNO2S/c1-10-7-8-11(14)9-13(10)18(16,17)15-12-5-3-2-4-6-12/h2-9,15H,1H3. The maximum atomic E-state index is 12.2. The molecule has 0 fully saturated rings. The molecule has 0 saturated carbocycles. The van der Waals surface area contributed by atoms with E-state index in [1.165, 1.54) is 0 Å². The zero-order valence-corrected chi connectivity index (χ0v) is 12.1. The van der Waals surface area contributed by atoms with Gasteiger partial charge in [0.05, 0.1) is 4.90 Å². The summed E-state index contributed by atoms with van der Waals surface area (Å²) in [6.07, 6.45) is 0. The minimum Gasteiger partial charge on any atom is -0.280 e. The highest BCUT2D eigenvalue weighted by Gasteiger charge is 2.16. The van der Waals surface area contributed by atoms with Gasteiger partial charge in [-0.1, -0.05) is 40.2 Å². The Labute approximate surface area is 115 Å². The lowest BCUT2D eigenvalue weighted by Gasteiger charge is -2.10. The van der Waals surface area contributed by atoms with Crippen LogP contribution in [0.4, 0.5) is 5.69 Å². The monoisotopic (exact) mass is 325 g/mol. The van der Waals surface area contributed by atoms with Gasteiger partial charge in [0.2, 0.25) is 0 Å². The number of hydrogen-bond donors (Lipinski definition) is 1. The Morgan fingerprint density at radius 1 is 1.06 bits per heavy atom. The van der Waals surface area contributed by atoms with Crippen molar-refractivity contribution in [1.29, 1.82) is 0 Å². The van der Waals surface area contributed by atoms with E-state index in [0.29, 0.717) is 11.3 Å². The van der Waals surface area contributed by atoms with Crippen molar-refractivity contribution in [3.8, 4) is 0 Å². The summed E-state index contributed by atoms with van der Waals surface area (Å²) in [5, 5.41) is 0. The van der Waals surface area contributed by atoms with Crippen LogP contribution >= 0.6 is 15.9 Å². The highest BCUT2D eigenvalue weighted by atomic mass is 79.9. The molecule has 3 nitrogen and oxygen atoms in total. The summed E-state index contributed by atoms with van der Waals surface area (Å²) in [5.41, 5.74) is 1.26. The molecular weight excluding hydrogens is 314 g/mol. The van der Waals surface area contributed by atoms with Gasteiger partial charge in [-0.15, -0.1) is 0 Å². The summed E-state index contributed by atoms with van der Waals surface area (Å²) < 4.78 is 27.8. The van der Waals surface area contributed by atoms with Crippen LogP contribution in [0.25, 0.3) is 0 Å². The molecule has 1 N–H and O–H groups in total. The van der Waals surface area contributed by atoms with Crippen LogP contribution in [0.1, 0.15) is 5.56 Å². The van der Waals surface area contributed by atoms with E-state index in [-0.39, 0.29) is 4.90 Å². The highest BCUT2D eigenvalue weighted by molar-refractivity contribution is 9.10. The molecule has 5 heteroatoms. The third kappa shape index (κ3) is 2.91. The Bertz CT molecular complexity index is 654. The van der Waals surface area contributed by atoms with E-state index in [0.717, 1.165) is 4.47 Å². The van der Waals surface area contributed by atoms with Gasteiger partial charge in [-0.3, -0.25) is 4.72 Å². The first-order chi connectivity index (χ1) is 8.49. The van der Waals surface area contributed by atoms with Gasteiger partial charge in [0.1, 0.15) is 0 Å². The van der Waals surface area contributed by atoms with Gasteiger partial charge in [0, 0.05) is 10.2 Å². The molecule has 0 radical (unpaired) electrons. The number of anilines is 1. The van der Waals surface area contributed by atoms with Crippen LogP contribution in [-0.2, 0) is 10.0 Å². The molecule has 0 spiro atoms. The number of sulfonamides is 1. The number of benzene rings is 2. The van der Waals surface area contributed by atoms with Gasteiger partial charge in [0.15, 0.2) is 0 Å². The molecular formula is C13H12BrNO2S. The molecule has 18 heavy (non-hydrogen) atoms. The van der Waals surface area contributed by atoms with Gasteiger partial charge < -0.3 is 0 Å². The molecule has 0 aliphatic heterocycles. The molecule has 0 amide bonds. The van der Waals surface area contributed by atoms with Gasteiger partial charge in [0.25, 0.3) is 10.0 Å². The molecule has 0 atom stereocenters. The van der Waals surface area contributed by atoms with Crippen LogP contribution in [-0.4, -0.2) is 8.42 Å². The van der Waals surface area contributed by atoms with Crippen LogP contribution < -0.4 is 4.72 Å². The quantitative estimate of drug-likeness (QED) is 0.937. The number of hydrogen-bond acceptors (Lipinski definition) is 2. The number of halogens is 1. The van der Waals surface area contributed by atoms with Crippen LogP contribution in [0.5, 0.6) is 0 Å². The van der Waals surface area contributed by atoms with Crippen molar-refractivity contribution in [2.24, 2.45) is 0 Å². The maximum Gasteiger partial charge on any atom is 0.262 e. The average Bonchev–Trinajstić information content (AvgIpc) is 2.33. The molecule has 0 heterocycles. The molecule has 0 unspecified atom stereocenters. The van der Waals surface area contributed by atoms with E-state index >= 15 is 0 Å². The molecule has 2 rings (SSSR count). The number of aryl methyl sites for hydroxylation is 1. The molecule has 0 aliphatic rings. The third-order valence-electron chi connectivity index (χ3n) is 2.47. The molecule has 2 aromatic carbocycles. The second-order valence-electron chi connectivity index (χ2n) is 3.88. The lowest BCUT2D eigenvalue weighted by Crippen LogP contribution is -2.14. The van der Waals surface area contributed by atoms with Crippen LogP contribution in [0, 0.1) is 6.92 Å². The molecule has 0 aliphatic carbocycles. The van der Waals surface area contributed by atoms with Crippen molar-refractivity contribution in [2.45, 2.75) is 11.8 Å². The Kier molecular flexibility index (Phi) is 3.73. The topological polar surface area (TPSA) is 46.2 Å². The number of nitrogens with one attached hydrogen (secondary N) is 1. The van der Waals surface area contributed by atoms with Gasteiger partial charge in [-0.2, -0.15) is 0 Å². The summed E-state index contributed by atoms with van der Waals surface area (Å²) in [4.78, 5) is 0.278. The second-order valence-corrected chi connectivity index (χ2v) is 6.45. The Balaban J connectivity index is 2.40. The fourth-order valence-corrected chi connectivity index (χ4v) is 3.42. The first kappa shape index (κ1) is 13.1. The Morgan fingerprint density at radius 2 is 1.72 bits per heavy atom. The van der Waals surface area contributed by atoms with Crippen molar-refractivity contribution in [3.05, 3.63) is 58.6 Å². The Morgan fingerprint density at radius 3 is 2.39 bits per heavy atom. The largest absolute Gasteiger partial charge is 0.280 e. The summed E-state index contributed by atoms with van der Waals surface area (Å²) in [5.74, 6) is 0. The average molecular weight is 326 g/mol. The fraction of sp³-hybridized carbons (Fsp3) is 0.0769. The van der Waals surface area contributed by atoms with Crippen molar-refractivity contribution < 1.29 is 8.42 Å². The fourth-order valence-electron chi connectivity index (χ4n) is 1.58.